The Kier molecular flexibility index (Phi) is 5.98. The summed E-state index contributed by atoms with van der Waals surface area (Å²) < 4.78 is 10.2. The number of aryl methyl sites for hydroxylation is 1. The Morgan fingerprint density at radius 2 is 1.47 bits per heavy atom. The van der Waals surface area contributed by atoms with Crippen molar-refractivity contribution >= 4 is 29.3 Å². The molecular weight excluding hydrogens is 438 g/mol. The Labute approximate surface area is 194 Å². The number of hydrogen-bond donors (Lipinski definition) is 1. The third kappa shape index (κ3) is 3.73. The summed E-state index contributed by atoms with van der Waals surface area (Å²) in [6.45, 7) is 4.49. The van der Waals surface area contributed by atoms with Crippen molar-refractivity contribution in [2.75, 3.05) is 13.2 Å². The van der Waals surface area contributed by atoms with Crippen molar-refractivity contribution in [3.8, 4) is 0 Å². The van der Waals surface area contributed by atoms with Gasteiger partial charge in [0.2, 0.25) is 5.78 Å². The second-order valence-corrected chi connectivity index (χ2v) is 7.78. The van der Waals surface area contributed by atoms with Crippen LogP contribution in [-0.4, -0.2) is 47.5 Å². The Balaban J connectivity index is 1.57. The van der Waals surface area contributed by atoms with Gasteiger partial charge in [0.1, 0.15) is 0 Å². The van der Waals surface area contributed by atoms with Crippen LogP contribution in [0, 0.1) is 13.8 Å². The van der Waals surface area contributed by atoms with Crippen LogP contribution in [0.5, 0.6) is 0 Å². The lowest BCUT2D eigenvalue weighted by Gasteiger charge is -2.19. The second kappa shape index (κ2) is 8.90. The average Bonchev–Trinajstić information content (AvgIpc) is 3.14. The number of H-pyrrole nitrogens is 1. The first-order chi connectivity index (χ1) is 16.3. The van der Waals surface area contributed by atoms with E-state index in [0.717, 1.165) is 0 Å². The van der Waals surface area contributed by atoms with Crippen LogP contribution in [0.1, 0.15) is 81.2 Å². The summed E-state index contributed by atoms with van der Waals surface area (Å²) in [6.07, 6.45) is 0. The fourth-order valence-corrected chi connectivity index (χ4v) is 4.13. The highest BCUT2D eigenvalue weighted by Gasteiger charge is 2.33. The molecule has 0 saturated carbocycles. The number of rotatable bonds is 6. The fourth-order valence-electron chi connectivity index (χ4n) is 4.13. The van der Waals surface area contributed by atoms with E-state index in [0.29, 0.717) is 11.3 Å². The van der Waals surface area contributed by atoms with E-state index in [1.54, 1.807) is 39.0 Å². The standard InChI is InChI=1S/C26H21NO7/c1-4-33-26(32)20-13(2)22(27-14(20)3)19(28)12-34-25(31)18-11-7-10-17-21(18)24(30)16-9-6-5-8-15(16)23(17)29/h5-11,27H,4,12H2,1-3H3. The van der Waals surface area contributed by atoms with Crippen LogP contribution in [0.15, 0.2) is 42.5 Å². The summed E-state index contributed by atoms with van der Waals surface area (Å²) in [5, 5.41) is 0. The minimum atomic E-state index is -0.905. The maximum atomic E-state index is 13.1. The van der Waals surface area contributed by atoms with Crippen molar-refractivity contribution in [2.45, 2.75) is 20.8 Å². The molecule has 0 spiro atoms. The molecule has 0 bridgehead atoms. The number of benzene rings is 2. The van der Waals surface area contributed by atoms with Gasteiger partial charge in [-0.15, -0.1) is 0 Å². The van der Waals surface area contributed by atoms with Gasteiger partial charge in [0.25, 0.3) is 0 Å². The van der Waals surface area contributed by atoms with Crippen LogP contribution in [0.2, 0.25) is 0 Å². The SMILES string of the molecule is CCOC(=O)c1c(C)[nH]c(C(=O)COC(=O)c2cccc3c2C(=O)c2ccccc2C3=O)c1C. The number of hydrogen-bond acceptors (Lipinski definition) is 7. The number of ether oxygens (including phenoxy) is 2. The minimum Gasteiger partial charge on any atom is -0.462 e. The van der Waals surface area contributed by atoms with E-state index in [1.807, 2.05) is 0 Å². The van der Waals surface area contributed by atoms with Crippen LogP contribution in [0.25, 0.3) is 0 Å². The number of ketones is 3. The average molecular weight is 459 g/mol. The minimum absolute atomic E-state index is 0.0415. The molecule has 8 heteroatoms. The molecule has 3 aromatic rings. The lowest BCUT2D eigenvalue weighted by atomic mass is 9.82. The first-order valence-corrected chi connectivity index (χ1v) is 10.6. The predicted octanol–water partition coefficient (Wildman–Crippen LogP) is 3.62. The molecule has 1 heterocycles. The van der Waals surface area contributed by atoms with Gasteiger partial charge in [0, 0.05) is 27.9 Å². The van der Waals surface area contributed by atoms with Crippen molar-refractivity contribution in [3.05, 3.63) is 92.8 Å². The number of aromatic nitrogens is 1. The van der Waals surface area contributed by atoms with Crippen molar-refractivity contribution in [1.82, 2.24) is 4.98 Å². The molecular formula is C26H21NO7. The Hall–Kier alpha value is -4.33. The lowest BCUT2D eigenvalue weighted by Crippen LogP contribution is -2.25. The summed E-state index contributed by atoms with van der Waals surface area (Å²) in [4.78, 5) is 66.5. The molecule has 0 unspecified atom stereocenters. The first-order valence-electron chi connectivity index (χ1n) is 10.6. The summed E-state index contributed by atoms with van der Waals surface area (Å²) in [7, 11) is 0. The number of carbonyl (C=O) groups excluding carboxylic acids is 5. The van der Waals surface area contributed by atoms with Gasteiger partial charge >= 0.3 is 11.9 Å². The molecule has 1 aliphatic carbocycles. The van der Waals surface area contributed by atoms with Crippen molar-refractivity contribution in [1.29, 1.82) is 0 Å². The first kappa shape index (κ1) is 22.8. The summed E-state index contributed by atoms with van der Waals surface area (Å²) >= 11 is 0. The molecule has 2 aromatic carbocycles. The Morgan fingerprint density at radius 1 is 0.824 bits per heavy atom. The van der Waals surface area contributed by atoms with E-state index in [1.165, 1.54) is 24.3 Å². The van der Waals surface area contributed by atoms with Crippen LogP contribution in [0.4, 0.5) is 0 Å². The predicted molar refractivity (Wildman–Crippen MR) is 121 cm³/mol. The summed E-state index contributed by atoms with van der Waals surface area (Å²) in [5.74, 6) is -2.83. The van der Waals surface area contributed by atoms with Gasteiger partial charge < -0.3 is 14.5 Å². The normalized spacial score (nSPS) is 12.1. The zero-order chi connectivity index (χ0) is 24.6. The molecule has 0 amide bonds. The molecule has 1 N–H and O–H groups in total. The van der Waals surface area contributed by atoms with Crippen LogP contribution in [0.3, 0.4) is 0 Å². The summed E-state index contributed by atoms with van der Waals surface area (Å²) in [5.41, 5.74) is 1.71. The van der Waals surface area contributed by atoms with E-state index >= 15 is 0 Å². The number of esters is 2. The van der Waals surface area contributed by atoms with Crippen molar-refractivity contribution in [3.63, 3.8) is 0 Å². The van der Waals surface area contributed by atoms with Gasteiger partial charge in [-0.2, -0.15) is 0 Å². The summed E-state index contributed by atoms with van der Waals surface area (Å²) in [6, 6.07) is 10.7. The van der Waals surface area contributed by atoms with Gasteiger partial charge in [0.15, 0.2) is 18.2 Å². The number of nitrogens with one attached hydrogen (secondary N) is 1. The number of carbonyl (C=O) groups is 5. The van der Waals surface area contributed by atoms with E-state index in [4.69, 9.17) is 9.47 Å². The highest BCUT2D eigenvalue weighted by Crippen LogP contribution is 2.30. The highest BCUT2D eigenvalue weighted by atomic mass is 16.5. The number of fused-ring (bicyclic) bond motifs is 2. The molecule has 0 saturated heterocycles. The molecule has 34 heavy (non-hydrogen) atoms. The van der Waals surface area contributed by atoms with E-state index in [2.05, 4.69) is 4.98 Å². The largest absolute Gasteiger partial charge is 0.462 e. The molecule has 1 aromatic heterocycles. The Bertz CT molecular complexity index is 1380. The third-order valence-corrected chi connectivity index (χ3v) is 5.70. The van der Waals surface area contributed by atoms with Crippen molar-refractivity contribution < 1.29 is 33.4 Å². The Morgan fingerprint density at radius 3 is 2.15 bits per heavy atom. The third-order valence-electron chi connectivity index (χ3n) is 5.70. The fraction of sp³-hybridized carbons (Fsp3) is 0.192. The van der Waals surface area contributed by atoms with Gasteiger partial charge in [-0.1, -0.05) is 36.4 Å². The molecule has 0 aliphatic heterocycles. The molecule has 0 fully saturated rings. The van der Waals surface area contributed by atoms with Crippen LogP contribution in [-0.2, 0) is 9.47 Å². The van der Waals surface area contributed by atoms with Gasteiger partial charge in [-0.25, -0.2) is 9.59 Å². The van der Waals surface area contributed by atoms with Gasteiger partial charge in [-0.3, -0.25) is 14.4 Å². The molecule has 1 aliphatic rings. The van der Waals surface area contributed by atoms with E-state index in [9.17, 15) is 24.0 Å². The monoisotopic (exact) mass is 459 g/mol. The molecule has 0 radical (unpaired) electrons. The van der Waals surface area contributed by atoms with Crippen LogP contribution >= 0.6 is 0 Å². The maximum absolute atomic E-state index is 13.1. The smallest absolute Gasteiger partial charge is 0.340 e. The van der Waals surface area contributed by atoms with E-state index < -0.39 is 30.1 Å². The van der Waals surface area contributed by atoms with Crippen molar-refractivity contribution in [2.24, 2.45) is 0 Å². The maximum Gasteiger partial charge on any atom is 0.340 e. The van der Waals surface area contributed by atoms with Gasteiger partial charge in [0.05, 0.1) is 23.4 Å². The number of Topliss-reactive ketones (excluding diaryl/α,β-unsaturated/α-hetero) is 1. The van der Waals surface area contributed by atoms with Gasteiger partial charge in [-0.05, 0) is 32.4 Å². The van der Waals surface area contributed by atoms with Crippen LogP contribution < -0.4 is 0 Å². The second-order valence-electron chi connectivity index (χ2n) is 7.78. The molecule has 4 rings (SSSR count). The zero-order valence-corrected chi connectivity index (χ0v) is 18.8. The molecule has 0 atom stereocenters. The highest BCUT2D eigenvalue weighted by molar-refractivity contribution is 6.30. The molecule has 8 nitrogen and oxygen atoms in total. The number of aromatic amines is 1. The molecule has 172 valence electrons. The van der Waals surface area contributed by atoms with E-state index in [-0.39, 0.29) is 51.5 Å². The lowest BCUT2D eigenvalue weighted by molar-refractivity contribution is 0.0470. The topological polar surface area (TPSA) is 120 Å². The quantitative estimate of drug-likeness (QED) is 0.345. The zero-order valence-electron chi connectivity index (χ0n) is 18.8.